The van der Waals surface area contributed by atoms with Crippen LogP contribution in [0.1, 0.15) is 36.2 Å². The maximum Gasteiger partial charge on any atom is 0.416 e. The molecule has 6 nitrogen and oxygen atoms in total. The second-order valence-electron chi connectivity index (χ2n) is 5.39. The summed E-state index contributed by atoms with van der Waals surface area (Å²) in [5.74, 6) is -2.78. The second kappa shape index (κ2) is 7.80. The average molecular weight is 346 g/mol. The molecule has 24 heavy (non-hydrogen) atoms. The van der Waals surface area contributed by atoms with E-state index in [-0.39, 0.29) is 30.1 Å². The Morgan fingerprint density at radius 3 is 2.33 bits per heavy atom. The molecule has 3 N–H and O–H groups in total. The number of carbonyl (C=O) groups is 3. The summed E-state index contributed by atoms with van der Waals surface area (Å²) in [4.78, 5) is 33.6. The number of carbonyl (C=O) groups excluding carboxylic acids is 2. The normalized spacial score (nSPS) is 12.4. The van der Waals surface area contributed by atoms with E-state index in [1.165, 1.54) is 0 Å². The minimum Gasteiger partial charge on any atom is -0.481 e. The molecular weight excluding hydrogens is 329 g/mol. The number of benzene rings is 1. The van der Waals surface area contributed by atoms with E-state index in [0.717, 1.165) is 19.1 Å². The van der Waals surface area contributed by atoms with Crippen molar-refractivity contribution in [1.29, 1.82) is 0 Å². The summed E-state index contributed by atoms with van der Waals surface area (Å²) in [5.41, 5.74) is -1.50. The Morgan fingerprint density at radius 2 is 1.83 bits per heavy atom. The second-order valence-corrected chi connectivity index (χ2v) is 5.39. The van der Waals surface area contributed by atoms with Crippen LogP contribution in [0.4, 0.5) is 18.9 Å². The van der Waals surface area contributed by atoms with Crippen LogP contribution in [0, 0.1) is 5.92 Å². The number of halogens is 3. The molecule has 0 heterocycles. The molecule has 0 bridgehead atoms. The standard InChI is InChI=1S/C15H17F3N2O4/c1-8(3-13(22)23)7-19-14(24)10-4-11(15(16,17)18)6-12(5-10)20-9(2)21/h4-6,8H,3,7H2,1-2H3,(H,19,24)(H,20,21)(H,22,23). The number of aliphatic carboxylic acids is 1. The molecular formula is C15H17F3N2O4. The summed E-state index contributed by atoms with van der Waals surface area (Å²) in [6.07, 6.45) is -4.86. The van der Waals surface area contributed by atoms with Crippen LogP contribution in [0.15, 0.2) is 18.2 Å². The van der Waals surface area contributed by atoms with Crippen LogP contribution >= 0.6 is 0 Å². The largest absolute Gasteiger partial charge is 0.481 e. The first-order chi connectivity index (χ1) is 11.0. The van der Waals surface area contributed by atoms with E-state index >= 15 is 0 Å². The highest BCUT2D eigenvalue weighted by atomic mass is 19.4. The Balaban J connectivity index is 2.97. The maximum absolute atomic E-state index is 12.9. The predicted octanol–water partition coefficient (Wildman–Crippen LogP) is 2.50. The Hall–Kier alpha value is -2.58. The molecule has 0 fully saturated rings. The molecule has 0 aliphatic heterocycles. The van der Waals surface area contributed by atoms with Crippen molar-refractivity contribution in [2.75, 3.05) is 11.9 Å². The number of carboxylic acids is 1. The van der Waals surface area contributed by atoms with Gasteiger partial charge in [0.05, 0.1) is 5.56 Å². The topological polar surface area (TPSA) is 95.5 Å². The fourth-order valence-electron chi connectivity index (χ4n) is 1.94. The number of amides is 2. The number of nitrogens with one attached hydrogen (secondary N) is 2. The first-order valence-electron chi connectivity index (χ1n) is 6.99. The number of rotatable bonds is 6. The van der Waals surface area contributed by atoms with E-state index in [1.54, 1.807) is 6.92 Å². The maximum atomic E-state index is 12.9. The highest BCUT2D eigenvalue weighted by Gasteiger charge is 2.32. The number of anilines is 1. The van der Waals surface area contributed by atoms with Crippen LogP contribution < -0.4 is 10.6 Å². The molecule has 1 rings (SSSR count). The third-order valence-electron chi connectivity index (χ3n) is 2.98. The molecule has 132 valence electrons. The number of alkyl halides is 3. The molecule has 0 aromatic heterocycles. The summed E-state index contributed by atoms with van der Waals surface area (Å²) in [6.45, 7) is 2.72. The third kappa shape index (κ3) is 6.27. The smallest absolute Gasteiger partial charge is 0.416 e. The lowest BCUT2D eigenvalue weighted by Gasteiger charge is -2.14. The lowest BCUT2D eigenvalue weighted by atomic mass is 10.1. The van der Waals surface area contributed by atoms with Gasteiger partial charge in [-0.15, -0.1) is 0 Å². The van der Waals surface area contributed by atoms with Gasteiger partial charge in [0, 0.05) is 31.1 Å². The minimum atomic E-state index is -4.68. The first-order valence-corrected chi connectivity index (χ1v) is 6.99. The monoisotopic (exact) mass is 346 g/mol. The predicted molar refractivity (Wildman–Crippen MR) is 79.5 cm³/mol. The first kappa shape index (κ1) is 19.5. The average Bonchev–Trinajstić information content (AvgIpc) is 2.42. The quantitative estimate of drug-likeness (QED) is 0.737. The lowest BCUT2D eigenvalue weighted by molar-refractivity contribution is -0.138. The number of hydrogen-bond acceptors (Lipinski definition) is 3. The molecule has 2 amide bonds. The SMILES string of the molecule is CC(=O)Nc1cc(C(=O)NCC(C)CC(=O)O)cc(C(F)(F)F)c1. The van der Waals surface area contributed by atoms with Gasteiger partial charge in [0.1, 0.15) is 0 Å². The highest BCUT2D eigenvalue weighted by molar-refractivity contribution is 5.97. The van der Waals surface area contributed by atoms with Gasteiger partial charge in [-0.05, 0) is 24.1 Å². The van der Waals surface area contributed by atoms with E-state index < -0.39 is 29.5 Å². The fourth-order valence-corrected chi connectivity index (χ4v) is 1.94. The van der Waals surface area contributed by atoms with E-state index in [4.69, 9.17) is 5.11 Å². The van der Waals surface area contributed by atoms with Crippen molar-refractivity contribution in [3.05, 3.63) is 29.3 Å². The number of hydrogen-bond donors (Lipinski definition) is 3. The molecule has 1 aromatic carbocycles. The van der Waals surface area contributed by atoms with Crippen molar-refractivity contribution < 1.29 is 32.7 Å². The number of carboxylic acid groups (broad SMARTS) is 1. The molecule has 9 heteroatoms. The molecule has 0 saturated carbocycles. The van der Waals surface area contributed by atoms with Crippen LogP contribution in [0.25, 0.3) is 0 Å². The highest BCUT2D eigenvalue weighted by Crippen LogP contribution is 2.32. The molecule has 0 aliphatic carbocycles. The van der Waals surface area contributed by atoms with Crippen molar-refractivity contribution in [3.63, 3.8) is 0 Å². The van der Waals surface area contributed by atoms with Gasteiger partial charge in [0.25, 0.3) is 5.91 Å². The molecule has 0 radical (unpaired) electrons. The zero-order chi connectivity index (χ0) is 18.5. The molecule has 1 aromatic rings. The fraction of sp³-hybridized carbons (Fsp3) is 0.400. The van der Waals surface area contributed by atoms with Gasteiger partial charge < -0.3 is 15.7 Å². The van der Waals surface area contributed by atoms with Crippen LogP contribution in [0.5, 0.6) is 0 Å². The molecule has 0 spiro atoms. The summed E-state index contributed by atoms with van der Waals surface area (Å²) in [5, 5.41) is 13.2. The zero-order valence-corrected chi connectivity index (χ0v) is 13.0. The molecule has 0 aliphatic rings. The Bertz CT molecular complexity index is 644. The van der Waals surface area contributed by atoms with Gasteiger partial charge in [0.15, 0.2) is 0 Å². The van der Waals surface area contributed by atoms with Gasteiger partial charge in [-0.25, -0.2) is 0 Å². The Kier molecular flexibility index (Phi) is 6.33. The van der Waals surface area contributed by atoms with Crippen molar-refractivity contribution in [1.82, 2.24) is 5.32 Å². The van der Waals surface area contributed by atoms with Gasteiger partial charge >= 0.3 is 12.1 Å². The van der Waals surface area contributed by atoms with E-state index in [9.17, 15) is 27.6 Å². The van der Waals surface area contributed by atoms with Gasteiger partial charge in [0.2, 0.25) is 5.91 Å². The Morgan fingerprint density at radius 1 is 1.21 bits per heavy atom. The van der Waals surface area contributed by atoms with Crippen molar-refractivity contribution in [3.8, 4) is 0 Å². The minimum absolute atomic E-state index is 0.00313. The summed E-state index contributed by atoms with van der Waals surface area (Å²) in [6, 6.07) is 2.52. The van der Waals surface area contributed by atoms with E-state index in [2.05, 4.69) is 10.6 Å². The molecule has 1 unspecified atom stereocenters. The van der Waals surface area contributed by atoms with Crippen LogP contribution in [0.2, 0.25) is 0 Å². The van der Waals surface area contributed by atoms with Gasteiger partial charge in [-0.3, -0.25) is 14.4 Å². The summed E-state index contributed by atoms with van der Waals surface area (Å²) in [7, 11) is 0. The molecule has 0 saturated heterocycles. The van der Waals surface area contributed by atoms with E-state index in [0.29, 0.717) is 6.07 Å². The summed E-state index contributed by atoms with van der Waals surface area (Å²) < 4.78 is 38.7. The zero-order valence-electron chi connectivity index (χ0n) is 13.0. The Labute approximate surface area is 136 Å². The van der Waals surface area contributed by atoms with Crippen molar-refractivity contribution in [2.45, 2.75) is 26.4 Å². The van der Waals surface area contributed by atoms with Crippen molar-refractivity contribution in [2.24, 2.45) is 5.92 Å². The van der Waals surface area contributed by atoms with Crippen LogP contribution in [0.3, 0.4) is 0 Å². The third-order valence-corrected chi connectivity index (χ3v) is 2.98. The molecule has 1 atom stereocenters. The van der Waals surface area contributed by atoms with Crippen molar-refractivity contribution >= 4 is 23.5 Å². The van der Waals surface area contributed by atoms with Crippen LogP contribution in [-0.2, 0) is 15.8 Å². The summed E-state index contributed by atoms with van der Waals surface area (Å²) >= 11 is 0. The van der Waals surface area contributed by atoms with Gasteiger partial charge in [-0.2, -0.15) is 13.2 Å². The van der Waals surface area contributed by atoms with Gasteiger partial charge in [-0.1, -0.05) is 6.92 Å². The van der Waals surface area contributed by atoms with Crippen LogP contribution in [-0.4, -0.2) is 29.4 Å². The van der Waals surface area contributed by atoms with E-state index in [1.807, 2.05) is 0 Å². The lowest BCUT2D eigenvalue weighted by Crippen LogP contribution is -2.29.